The molecule has 1 unspecified atom stereocenters. The number of nitrogens with zero attached hydrogens (tertiary/aromatic N) is 1. The molecule has 0 radical (unpaired) electrons. The molecule has 1 fully saturated rings. The number of hydrogen-bond acceptors (Lipinski definition) is 5. The summed E-state index contributed by atoms with van der Waals surface area (Å²) in [5, 5.41) is 3.45. The Labute approximate surface area is 137 Å². The highest BCUT2D eigenvalue weighted by molar-refractivity contribution is 5.45. The van der Waals surface area contributed by atoms with E-state index in [4.69, 9.17) is 13.9 Å². The molecule has 0 spiro atoms. The van der Waals surface area contributed by atoms with Crippen LogP contribution in [-0.4, -0.2) is 45.3 Å². The van der Waals surface area contributed by atoms with Crippen LogP contribution in [0.5, 0.6) is 11.5 Å². The van der Waals surface area contributed by atoms with Gasteiger partial charge in [0, 0.05) is 19.6 Å². The van der Waals surface area contributed by atoms with Gasteiger partial charge in [0.25, 0.3) is 0 Å². The molecule has 0 bridgehead atoms. The van der Waals surface area contributed by atoms with Gasteiger partial charge in [-0.15, -0.1) is 0 Å². The molecule has 1 aromatic carbocycles. The van der Waals surface area contributed by atoms with Crippen molar-refractivity contribution < 1.29 is 13.9 Å². The predicted molar refractivity (Wildman–Crippen MR) is 89.2 cm³/mol. The van der Waals surface area contributed by atoms with E-state index in [1.54, 1.807) is 20.5 Å². The summed E-state index contributed by atoms with van der Waals surface area (Å²) in [5.41, 5.74) is 1.15. The number of hydrogen-bond donors (Lipinski definition) is 1. The molecule has 1 aliphatic rings. The lowest BCUT2D eigenvalue weighted by atomic mass is 10.0. The largest absolute Gasteiger partial charge is 0.493 e. The van der Waals surface area contributed by atoms with Gasteiger partial charge < -0.3 is 19.2 Å². The summed E-state index contributed by atoms with van der Waals surface area (Å²) in [4.78, 5) is 2.46. The minimum absolute atomic E-state index is 0.0877. The van der Waals surface area contributed by atoms with E-state index in [2.05, 4.69) is 16.3 Å². The zero-order valence-corrected chi connectivity index (χ0v) is 13.7. The summed E-state index contributed by atoms with van der Waals surface area (Å²) < 4.78 is 16.6. The number of methoxy groups -OCH3 is 2. The third-order valence-corrected chi connectivity index (χ3v) is 4.28. The molecule has 0 aliphatic carbocycles. The number of furan rings is 1. The fourth-order valence-electron chi connectivity index (χ4n) is 3.15. The Kier molecular flexibility index (Phi) is 5.20. The molecule has 2 heterocycles. The third kappa shape index (κ3) is 3.51. The normalized spacial score (nSPS) is 17.5. The average Bonchev–Trinajstić information content (AvgIpc) is 2.98. The topological polar surface area (TPSA) is 46.9 Å². The van der Waals surface area contributed by atoms with Crippen LogP contribution in [0, 0.1) is 0 Å². The second-order valence-electron chi connectivity index (χ2n) is 5.67. The lowest BCUT2D eigenvalue weighted by Crippen LogP contribution is -2.32. The Balaban J connectivity index is 1.98. The Morgan fingerprint density at radius 1 is 1.09 bits per heavy atom. The van der Waals surface area contributed by atoms with Gasteiger partial charge in [-0.05, 0) is 42.8 Å². The molecule has 1 N–H and O–H groups in total. The number of benzene rings is 1. The van der Waals surface area contributed by atoms with Crippen molar-refractivity contribution >= 4 is 0 Å². The molecule has 3 rings (SSSR count). The lowest BCUT2D eigenvalue weighted by Gasteiger charge is -2.29. The summed E-state index contributed by atoms with van der Waals surface area (Å²) in [5.74, 6) is 2.45. The van der Waals surface area contributed by atoms with Gasteiger partial charge in [0.15, 0.2) is 11.5 Å². The first kappa shape index (κ1) is 15.9. The van der Waals surface area contributed by atoms with Gasteiger partial charge in [-0.25, -0.2) is 0 Å². The van der Waals surface area contributed by atoms with Crippen LogP contribution in [0.2, 0.25) is 0 Å². The monoisotopic (exact) mass is 316 g/mol. The van der Waals surface area contributed by atoms with Crippen LogP contribution in [0.3, 0.4) is 0 Å². The van der Waals surface area contributed by atoms with E-state index < -0.39 is 0 Å². The quantitative estimate of drug-likeness (QED) is 0.919. The molecule has 1 aromatic heterocycles. The maximum absolute atomic E-state index is 5.74. The second-order valence-corrected chi connectivity index (χ2v) is 5.67. The van der Waals surface area contributed by atoms with Crippen molar-refractivity contribution in [3.63, 3.8) is 0 Å². The fraction of sp³-hybridized carbons (Fsp3) is 0.444. The van der Waals surface area contributed by atoms with Gasteiger partial charge in [-0.2, -0.15) is 0 Å². The van der Waals surface area contributed by atoms with Gasteiger partial charge in [0.2, 0.25) is 0 Å². The lowest BCUT2D eigenvalue weighted by molar-refractivity contribution is 0.215. The molecule has 5 nitrogen and oxygen atoms in total. The van der Waals surface area contributed by atoms with Gasteiger partial charge >= 0.3 is 0 Å². The van der Waals surface area contributed by atoms with Crippen molar-refractivity contribution in [2.75, 3.05) is 40.4 Å². The van der Waals surface area contributed by atoms with E-state index in [1.807, 2.05) is 24.3 Å². The predicted octanol–water partition coefficient (Wildman–Crippen LogP) is 2.68. The summed E-state index contributed by atoms with van der Waals surface area (Å²) in [6.45, 7) is 4.07. The van der Waals surface area contributed by atoms with Crippen LogP contribution < -0.4 is 14.8 Å². The molecule has 124 valence electrons. The van der Waals surface area contributed by atoms with Crippen molar-refractivity contribution in [3.05, 3.63) is 47.9 Å². The fourth-order valence-corrected chi connectivity index (χ4v) is 3.15. The first-order chi connectivity index (χ1) is 11.3. The van der Waals surface area contributed by atoms with Crippen LogP contribution in [0.25, 0.3) is 0 Å². The van der Waals surface area contributed by atoms with E-state index in [-0.39, 0.29) is 6.04 Å². The molecular formula is C18H24N2O3. The average molecular weight is 316 g/mol. The van der Waals surface area contributed by atoms with Crippen molar-refractivity contribution in [3.8, 4) is 11.5 Å². The molecule has 2 aromatic rings. The first-order valence-corrected chi connectivity index (χ1v) is 8.03. The standard InChI is InChI=1S/C18H24N2O3/c1-21-15-7-6-14(13-17(15)22-2)18(16-5-3-12-23-16)20-10-4-8-19-9-11-20/h3,5-7,12-13,18-19H,4,8-11H2,1-2H3. The van der Waals surface area contributed by atoms with E-state index >= 15 is 0 Å². The zero-order valence-electron chi connectivity index (χ0n) is 13.7. The van der Waals surface area contributed by atoms with Crippen molar-refractivity contribution in [2.45, 2.75) is 12.5 Å². The van der Waals surface area contributed by atoms with E-state index in [1.165, 1.54) is 0 Å². The second kappa shape index (κ2) is 7.53. The Morgan fingerprint density at radius 2 is 1.96 bits per heavy atom. The van der Waals surface area contributed by atoms with E-state index in [0.29, 0.717) is 0 Å². The zero-order chi connectivity index (χ0) is 16.1. The molecule has 0 saturated carbocycles. The van der Waals surface area contributed by atoms with Gasteiger partial charge in [-0.3, -0.25) is 4.90 Å². The van der Waals surface area contributed by atoms with Gasteiger partial charge in [-0.1, -0.05) is 6.07 Å². The van der Waals surface area contributed by atoms with Crippen LogP contribution in [0.15, 0.2) is 41.0 Å². The molecular weight excluding hydrogens is 292 g/mol. The number of rotatable bonds is 5. The van der Waals surface area contributed by atoms with Crippen molar-refractivity contribution in [2.24, 2.45) is 0 Å². The van der Waals surface area contributed by atoms with E-state index in [9.17, 15) is 0 Å². The van der Waals surface area contributed by atoms with Gasteiger partial charge in [0.05, 0.1) is 26.5 Å². The van der Waals surface area contributed by atoms with Crippen molar-refractivity contribution in [1.29, 1.82) is 0 Å². The smallest absolute Gasteiger partial charge is 0.161 e. The highest BCUT2D eigenvalue weighted by Crippen LogP contribution is 2.35. The SMILES string of the molecule is COc1ccc(C(c2ccco2)N2CCCNCC2)cc1OC. The van der Waals surface area contributed by atoms with Gasteiger partial charge in [0.1, 0.15) is 5.76 Å². The van der Waals surface area contributed by atoms with Crippen LogP contribution in [0.1, 0.15) is 23.8 Å². The maximum atomic E-state index is 5.74. The summed E-state index contributed by atoms with van der Waals surface area (Å²) in [6, 6.07) is 10.2. The Morgan fingerprint density at radius 3 is 2.70 bits per heavy atom. The van der Waals surface area contributed by atoms with E-state index in [0.717, 1.165) is 55.4 Å². The third-order valence-electron chi connectivity index (χ3n) is 4.28. The molecule has 23 heavy (non-hydrogen) atoms. The number of nitrogens with one attached hydrogen (secondary N) is 1. The summed E-state index contributed by atoms with van der Waals surface area (Å²) >= 11 is 0. The molecule has 1 atom stereocenters. The van der Waals surface area contributed by atoms with Crippen molar-refractivity contribution in [1.82, 2.24) is 10.2 Å². The van der Waals surface area contributed by atoms with Crippen LogP contribution in [-0.2, 0) is 0 Å². The Bertz CT molecular complexity index is 605. The minimum Gasteiger partial charge on any atom is -0.493 e. The Hall–Kier alpha value is -1.98. The minimum atomic E-state index is 0.0877. The molecule has 0 amide bonds. The first-order valence-electron chi connectivity index (χ1n) is 8.03. The number of ether oxygens (including phenoxy) is 2. The summed E-state index contributed by atoms with van der Waals surface area (Å²) in [7, 11) is 3.32. The highest BCUT2D eigenvalue weighted by atomic mass is 16.5. The van der Waals surface area contributed by atoms with Crippen LogP contribution >= 0.6 is 0 Å². The summed E-state index contributed by atoms with van der Waals surface area (Å²) in [6.07, 6.45) is 2.86. The maximum Gasteiger partial charge on any atom is 0.161 e. The van der Waals surface area contributed by atoms with Crippen LogP contribution in [0.4, 0.5) is 0 Å². The molecule has 5 heteroatoms. The molecule has 1 saturated heterocycles. The highest BCUT2D eigenvalue weighted by Gasteiger charge is 2.26. The molecule has 1 aliphatic heterocycles.